The van der Waals surface area contributed by atoms with Gasteiger partial charge in [-0.05, 0) is 50.8 Å². The molecule has 0 heterocycles. The molecule has 4 heteroatoms. The zero-order valence-electron chi connectivity index (χ0n) is 13.3. The quantitative estimate of drug-likeness (QED) is 0.767. The number of hydrogen-bond donors (Lipinski definition) is 0. The van der Waals surface area contributed by atoms with E-state index in [9.17, 15) is 8.42 Å². The van der Waals surface area contributed by atoms with Gasteiger partial charge in [0.15, 0.2) is 0 Å². The number of hydrogen-bond acceptors (Lipinski definition) is 2. The summed E-state index contributed by atoms with van der Waals surface area (Å²) in [5.41, 5.74) is 1.16. The third kappa shape index (κ3) is 3.61. The molecule has 2 unspecified atom stereocenters. The Hall–Kier alpha value is -0.870. The third-order valence-corrected chi connectivity index (χ3v) is 6.10. The Balaban J connectivity index is 3.21. The summed E-state index contributed by atoms with van der Waals surface area (Å²) >= 11 is 0. The number of benzene rings is 1. The van der Waals surface area contributed by atoms with Crippen molar-refractivity contribution in [1.82, 2.24) is 4.31 Å². The van der Waals surface area contributed by atoms with Gasteiger partial charge in [0.2, 0.25) is 10.0 Å². The minimum absolute atomic E-state index is 0.0146. The van der Waals surface area contributed by atoms with Crippen LogP contribution in [-0.2, 0) is 16.4 Å². The highest BCUT2D eigenvalue weighted by atomic mass is 32.2. The maximum atomic E-state index is 12.9. The van der Waals surface area contributed by atoms with Crippen molar-refractivity contribution in [2.24, 2.45) is 0 Å². The summed E-state index contributed by atoms with van der Waals surface area (Å²) in [6, 6.07) is 7.29. The van der Waals surface area contributed by atoms with Gasteiger partial charge in [-0.2, -0.15) is 4.31 Å². The van der Waals surface area contributed by atoms with Crippen molar-refractivity contribution < 1.29 is 8.42 Å². The Bertz CT molecular complexity index is 498. The molecule has 0 saturated carbocycles. The topological polar surface area (TPSA) is 37.4 Å². The molecule has 0 spiro atoms. The lowest BCUT2D eigenvalue weighted by molar-refractivity contribution is 0.262. The smallest absolute Gasteiger partial charge is 0.207 e. The van der Waals surface area contributed by atoms with Crippen molar-refractivity contribution >= 4 is 10.0 Å². The summed E-state index contributed by atoms with van der Waals surface area (Å²) in [6.07, 6.45) is 2.55. The second-order valence-electron chi connectivity index (χ2n) is 5.35. The van der Waals surface area contributed by atoms with Gasteiger partial charge >= 0.3 is 0 Å². The number of rotatable bonds is 7. The molecule has 0 amide bonds. The van der Waals surface area contributed by atoms with Crippen LogP contribution in [0.2, 0.25) is 0 Å². The van der Waals surface area contributed by atoms with Crippen LogP contribution in [0.1, 0.15) is 53.0 Å². The van der Waals surface area contributed by atoms with E-state index in [-0.39, 0.29) is 12.1 Å². The van der Waals surface area contributed by atoms with Gasteiger partial charge in [-0.1, -0.05) is 32.9 Å². The lowest BCUT2D eigenvalue weighted by Gasteiger charge is -2.32. The van der Waals surface area contributed by atoms with E-state index in [2.05, 4.69) is 6.92 Å². The van der Waals surface area contributed by atoms with E-state index in [1.807, 2.05) is 39.8 Å². The molecule has 0 aliphatic carbocycles. The Labute approximate surface area is 124 Å². The van der Waals surface area contributed by atoms with Crippen LogP contribution in [0.5, 0.6) is 0 Å². The van der Waals surface area contributed by atoms with Gasteiger partial charge in [0.25, 0.3) is 0 Å². The number of aryl methyl sites for hydroxylation is 1. The van der Waals surface area contributed by atoms with E-state index in [0.717, 1.165) is 24.8 Å². The maximum Gasteiger partial charge on any atom is 0.243 e. The van der Waals surface area contributed by atoms with Crippen molar-refractivity contribution in [2.75, 3.05) is 0 Å². The van der Waals surface area contributed by atoms with Crippen LogP contribution in [0.15, 0.2) is 29.2 Å². The van der Waals surface area contributed by atoms with Crippen LogP contribution in [0.25, 0.3) is 0 Å². The summed E-state index contributed by atoms with van der Waals surface area (Å²) in [5, 5.41) is 0. The van der Waals surface area contributed by atoms with E-state index in [4.69, 9.17) is 0 Å². The molecule has 114 valence electrons. The van der Waals surface area contributed by atoms with Crippen LogP contribution in [0.4, 0.5) is 0 Å². The minimum Gasteiger partial charge on any atom is -0.207 e. The minimum atomic E-state index is -3.42. The van der Waals surface area contributed by atoms with E-state index in [1.165, 1.54) is 0 Å². The second kappa shape index (κ2) is 7.23. The number of sulfonamides is 1. The first-order chi connectivity index (χ1) is 9.38. The molecule has 1 aromatic carbocycles. The highest BCUT2D eigenvalue weighted by Crippen LogP contribution is 2.24. The Kier molecular flexibility index (Phi) is 6.21. The summed E-state index contributed by atoms with van der Waals surface area (Å²) in [7, 11) is -3.42. The largest absolute Gasteiger partial charge is 0.243 e. The SMILES string of the molecule is CCc1ccc(S(=O)(=O)N(C(C)CC)C(C)CC)cc1. The molecule has 20 heavy (non-hydrogen) atoms. The predicted octanol–water partition coefficient (Wildman–Crippen LogP) is 3.84. The molecule has 1 rings (SSSR count). The summed E-state index contributed by atoms with van der Waals surface area (Å²) < 4.78 is 27.4. The fraction of sp³-hybridized carbons (Fsp3) is 0.625. The van der Waals surface area contributed by atoms with Crippen LogP contribution in [0.3, 0.4) is 0 Å². The molecule has 0 bridgehead atoms. The number of nitrogens with zero attached hydrogens (tertiary/aromatic N) is 1. The predicted molar refractivity (Wildman–Crippen MR) is 84.4 cm³/mol. The molecule has 0 fully saturated rings. The fourth-order valence-corrected chi connectivity index (χ4v) is 4.26. The lowest BCUT2D eigenvalue weighted by Crippen LogP contribution is -2.44. The van der Waals surface area contributed by atoms with Gasteiger partial charge in [0.05, 0.1) is 4.90 Å². The van der Waals surface area contributed by atoms with Crippen LogP contribution in [-0.4, -0.2) is 24.8 Å². The monoisotopic (exact) mass is 297 g/mol. The first-order valence-corrected chi connectivity index (χ1v) is 8.94. The lowest BCUT2D eigenvalue weighted by atomic mass is 10.2. The molecular weight excluding hydrogens is 270 g/mol. The fourth-order valence-electron chi connectivity index (χ4n) is 2.29. The molecular formula is C16H27NO2S. The van der Waals surface area contributed by atoms with E-state index >= 15 is 0 Å². The normalized spacial score (nSPS) is 15.3. The van der Waals surface area contributed by atoms with Gasteiger partial charge in [0, 0.05) is 12.1 Å². The van der Waals surface area contributed by atoms with Crippen molar-refractivity contribution in [1.29, 1.82) is 0 Å². The van der Waals surface area contributed by atoms with E-state index in [1.54, 1.807) is 16.4 Å². The molecule has 2 atom stereocenters. The van der Waals surface area contributed by atoms with Crippen LogP contribution in [0, 0.1) is 0 Å². The zero-order valence-corrected chi connectivity index (χ0v) is 14.1. The van der Waals surface area contributed by atoms with Gasteiger partial charge in [-0.3, -0.25) is 0 Å². The van der Waals surface area contributed by atoms with E-state index in [0.29, 0.717) is 4.90 Å². The molecule has 0 aliphatic rings. The standard InChI is InChI=1S/C16H27NO2S/c1-6-13(4)17(14(5)7-2)20(18,19)16-11-9-15(8-3)10-12-16/h9-14H,6-8H2,1-5H3. The molecule has 0 aromatic heterocycles. The van der Waals surface area contributed by atoms with Gasteiger partial charge < -0.3 is 0 Å². The van der Waals surface area contributed by atoms with Gasteiger partial charge in [0.1, 0.15) is 0 Å². The Morgan fingerprint density at radius 2 is 1.40 bits per heavy atom. The van der Waals surface area contributed by atoms with Gasteiger partial charge in [-0.25, -0.2) is 8.42 Å². The van der Waals surface area contributed by atoms with Crippen molar-refractivity contribution in [3.8, 4) is 0 Å². The van der Waals surface area contributed by atoms with Crippen molar-refractivity contribution in [2.45, 2.75) is 70.9 Å². The molecule has 0 radical (unpaired) electrons. The molecule has 0 N–H and O–H groups in total. The molecule has 3 nitrogen and oxygen atoms in total. The first kappa shape index (κ1) is 17.2. The highest BCUT2D eigenvalue weighted by Gasteiger charge is 2.31. The summed E-state index contributed by atoms with van der Waals surface area (Å²) in [6.45, 7) is 10.1. The molecule has 0 aliphatic heterocycles. The highest BCUT2D eigenvalue weighted by molar-refractivity contribution is 7.89. The first-order valence-electron chi connectivity index (χ1n) is 7.50. The average Bonchev–Trinajstić information content (AvgIpc) is 2.46. The van der Waals surface area contributed by atoms with Crippen molar-refractivity contribution in [3.05, 3.63) is 29.8 Å². The van der Waals surface area contributed by atoms with Gasteiger partial charge in [-0.15, -0.1) is 0 Å². The van der Waals surface area contributed by atoms with Crippen LogP contribution >= 0.6 is 0 Å². The maximum absolute atomic E-state index is 12.9. The third-order valence-electron chi connectivity index (χ3n) is 3.96. The Morgan fingerprint density at radius 3 is 1.75 bits per heavy atom. The average molecular weight is 297 g/mol. The molecule has 1 aromatic rings. The molecule has 0 saturated heterocycles. The zero-order chi connectivity index (χ0) is 15.3. The summed E-state index contributed by atoms with van der Waals surface area (Å²) in [5.74, 6) is 0. The van der Waals surface area contributed by atoms with Crippen LogP contribution < -0.4 is 0 Å². The Morgan fingerprint density at radius 1 is 0.950 bits per heavy atom. The van der Waals surface area contributed by atoms with E-state index < -0.39 is 10.0 Å². The van der Waals surface area contributed by atoms with Crippen molar-refractivity contribution in [3.63, 3.8) is 0 Å². The summed E-state index contributed by atoms with van der Waals surface area (Å²) in [4.78, 5) is 0.398. The second-order valence-corrected chi connectivity index (χ2v) is 7.19.